The van der Waals surface area contributed by atoms with Gasteiger partial charge in [0.2, 0.25) is 5.91 Å². The zero-order valence-electron chi connectivity index (χ0n) is 17.1. The zero-order chi connectivity index (χ0) is 21.6. The van der Waals surface area contributed by atoms with E-state index in [1.165, 1.54) is 22.6 Å². The van der Waals surface area contributed by atoms with Gasteiger partial charge >= 0.3 is 0 Å². The number of halogens is 1. The molecule has 31 heavy (non-hydrogen) atoms. The molecule has 1 aliphatic heterocycles. The molecule has 0 atom stereocenters. The summed E-state index contributed by atoms with van der Waals surface area (Å²) in [6.45, 7) is 4.01. The summed E-state index contributed by atoms with van der Waals surface area (Å²) in [5, 5.41) is 8.89. The monoisotopic (exact) mass is 416 g/mol. The standard InChI is InChI=1S/C25H22FN3O2/c26-23-4-2-1-3-22(23)24-11-9-21(31-24)10-12-25(30)29-15-13-28(14-16-29)18-20-7-5-19(17-27)6-8-20/h1-12H,13-16,18H2/p+1/b12-10+. The molecule has 1 aliphatic rings. The SMILES string of the molecule is N#Cc1ccc(C[NH+]2CCN(C(=O)/C=C/c3ccc(-c4ccccc4F)o3)CC2)cc1. The largest absolute Gasteiger partial charge is 0.457 e. The molecule has 4 rings (SSSR count). The van der Waals surface area contributed by atoms with Gasteiger partial charge in [0.05, 0.1) is 43.4 Å². The van der Waals surface area contributed by atoms with Gasteiger partial charge in [-0.15, -0.1) is 0 Å². The highest BCUT2D eigenvalue weighted by molar-refractivity contribution is 5.91. The third-order valence-electron chi connectivity index (χ3n) is 5.48. The van der Waals surface area contributed by atoms with Gasteiger partial charge in [-0.3, -0.25) is 4.79 Å². The maximum atomic E-state index is 13.9. The molecule has 0 bridgehead atoms. The highest BCUT2D eigenvalue weighted by atomic mass is 19.1. The predicted octanol–water partition coefficient (Wildman–Crippen LogP) is 2.90. The highest BCUT2D eigenvalue weighted by Crippen LogP contribution is 2.25. The molecule has 156 valence electrons. The Kier molecular flexibility index (Phi) is 6.25. The van der Waals surface area contributed by atoms with Crippen molar-refractivity contribution in [1.29, 1.82) is 5.26 Å². The summed E-state index contributed by atoms with van der Waals surface area (Å²) in [4.78, 5) is 15.8. The van der Waals surface area contributed by atoms with Crippen molar-refractivity contribution in [1.82, 2.24) is 4.90 Å². The van der Waals surface area contributed by atoms with Gasteiger partial charge in [0.15, 0.2) is 0 Å². The molecule has 3 aromatic rings. The zero-order valence-corrected chi connectivity index (χ0v) is 17.1. The number of hydrogen-bond donors (Lipinski definition) is 1. The van der Waals surface area contributed by atoms with Crippen molar-refractivity contribution in [3.8, 4) is 17.4 Å². The first kappa shape index (κ1) is 20.6. The Morgan fingerprint density at radius 1 is 1.10 bits per heavy atom. The number of rotatable bonds is 5. The summed E-state index contributed by atoms with van der Waals surface area (Å²) in [5.41, 5.74) is 2.26. The summed E-state index contributed by atoms with van der Waals surface area (Å²) >= 11 is 0. The van der Waals surface area contributed by atoms with Crippen LogP contribution >= 0.6 is 0 Å². The molecule has 2 heterocycles. The second kappa shape index (κ2) is 9.41. The molecule has 5 nitrogen and oxygen atoms in total. The average Bonchev–Trinajstić information content (AvgIpc) is 3.27. The average molecular weight is 416 g/mol. The molecule has 1 saturated heterocycles. The van der Waals surface area contributed by atoms with Gasteiger partial charge < -0.3 is 14.2 Å². The van der Waals surface area contributed by atoms with Crippen molar-refractivity contribution in [2.75, 3.05) is 26.2 Å². The molecule has 1 fully saturated rings. The molecular weight excluding hydrogens is 393 g/mol. The lowest BCUT2D eigenvalue weighted by Gasteiger charge is -2.31. The van der Waals surface area contributed by atoms with Crippen LogP contribution in [0.15, 0.2) is 71.2 Å². The minimum Gasteiger partial charge on any atom is -0.457 e. The van der Waals surface area contributed by atoms with E-state index in [-0.39, 0.29) is 11.7 Å². The van der Waals surface area contributed by atoms with E-state index in [2.05, 4.69) is 6.07 Å². The van der Waals surface area contributed by atoms with Gasteiger partial charge in [-0.25, -0.2) is 4.39 Å². The number of nitrogens with zero attached hydrogens (tertiary/aromatic N) is 2. The van der Waals surface area contributed by atoms with Crippen LogP contribution in [0.5, 0.6) is 0 Å². The van der Waals surface area contributed by atoms with Crippen LogP contribution in [0.1, 0.15) is 16.9 Å². The normalized spacial score (nSPS) is 14.6. The van der Waals surface area contributed by atoms with E-state index in [1.807, 2.05) is 29.2 Å². The topological polar surface area (TPSA) is 61.7 Å². The smallest absolute Gasteiger partial charge is 0.247 e. The highest BCUT2D eigenvalue weighted by Gasteiger charge is 2.22. The van der Waals surface area contributed by atoms with Crippen molar-refractivity contribution >= 4 is 12.0 Å². The van der Waals surface area contributed by atoms with E-state index < -0.39 is 0 Å². The number of piperazine rings is 1. The molecule has 1 aromatic heterocycles. The molecule has 0 saturated carbocycles. The van der Waals surface area contributed by atoms with Crippen molar-refractivity contribution in [3.63, 3.8) is 0 Å². The van der Waals surface area contributed by atoms with Crippen LogP contribution in [0.3, 0.4) is 0 Å². The molecule has 1 N–H and O–H groups in total. The van der Waals surface area contributed by atoms with Crippen LogP contribution in [0.2, 0.25) is 0 Å². The summed E-state index contributed by atoms with van der Waals surface area (Å²) < 4.78 is 19.6. The molecule has 0 aliphatic carbocycles. The number of carbonyl (C=O) groups is 1. The molecule has 6 heteroatoms. The first-order valence-electron chi connectivity index (χ1n) is 10.3. The predicted molar refractivity (Wildman–Crippen MR) is 115 cm³/mol. The molecule has 2 aromatic carbocycles. The number of nitriles is 1. The molecule has 0 unspecified atom stereocenters. The number of benzene rings is 2. The maximum Gasteiger partial charge on any atom is 0.247 e. The van der Waals surface area contributed by atoms with Gasteiger partial charge in [-0.2, -0.15) is 5.26 Å². The van der Waals surface area contributed by atoms with Crippen molar-refractivity contribution < 1.29 is 18.5 Å². The second-order valence-electron chi connectivity index (χ2n) is 7.58. The van der Waals surface area contributed by atoms with E-state index in [0.29, 0.717) is 35.7 Å². The maximum absolute atomic E-state index is 13.9. The van der Waals surface area contributed by atoms with Gasteiger partial charge in [-0.05, 0) is 42.5 Å². The van der Waals surface area contributed by atoms with Crippen LogP contribution in [-0.4, -0.2) is 37.0 Å². The van der Waals surface area contributed by atoms with Crippen molar-refractivity contribution in [2.45, 2.75) is 6.54 Å². The molecule has 1 amide bonds. The quantitative estimate of drug-likeness (QED) is 0.651. The first-order valence-corrected chi connectivity index (χ1v) is 10.3. The first-order chi connectivity index (χ1) is 15.1. The third kappa shape index (κ3) is 5.08. The summed E-state index contributed by atoms with van der Waals surface area (Å²) in [5.74, 6) is 0.549. The van der Waals surface area contributed by atoms with E-state index in [4.69, 9.17) is 9.68 Å². The number of amides is 1. The Bertz CT molecular complexity index is 1120. The lowest BCUT2D eigenvalue weighted by atomic mass is 10.1. The third-order valence-corrected chi connectivity index (χ3v) is 5.48. The van der Waals surface area contributed by atoms with Gasteiger partial charge in [0.25, 0.3) is 0 Å². The summed E-state index contributed by atoms with van der Waals surface area (Å²) in [6.07, 6.45) is 3.14. The number of quaternary nitrogens is 1. The number of carbonyl (C=O) groups excluding carboxylic acids is 1. The van der Waals surface area contributed by atoms with Crippen LogP contribution in [0.25, 0.3) is 17.4 Å². The fraction of sp³-hybridized carbons (Fsp3) is 0.200. The Balaban J connectivity index is 1.29. The van der Waals surface area contributed by atoms with Crippen LogP contribution in [-0.2, 0) is 11.3 Å². The van der Waals surface area contributed by atoms with Crippen molar-refractivity contribution in [3.05, 3.63) is 89.4 Å². The minimum atomic E-state index is -0.343. The van der Waals surface area contributed by atoms with Crippen LogP contribution in [0.4, 0.5) is 4.39 Å². The van der Waals surface area contributed by atoms with E-state index >= 15 is 0 Å². The Morgan fingerprint density at radius 2 is 1.84 bits per heavy atom. The van der Waals surface area contributed by atoms with E-state index in [1.54, 1.807) is 36.4 Å². The Morgan fingerprint density at radius 3 is 2.55 bits per heavy atom. The lowest BCUT2D eigenvalue weighted by molar-refractivity contribution is -0.917. The lowest BCUT2D eigenvalue weighted by Crippen LogP contribution is -3.13. The number of furan rings is 1. The fourth-order valence-electron chi connectivity index (χ4n) is 3.71. The Hall–Kier alpha value is -3.69. The van der Waals surface area contributed by atoms with Gasteiger partial charge in [0, 0.05) is 11.6 Å². The summed E-state index contributed by atoms with van der Waals surface area (Å²) in [7, 11) is 0. The van der Waals surface area contributed by atoms with Crippen LogP contribution < -0.4 is 4.90 Å². The molecule has 0 radical (unpaired) electrons. The minimum absolute atomic E-state index is 0.0544. The van der Waals surface area contributed by atoms with Gasteiger partial charge in [-0.1, -0.05) is 24.3 Å². The van der Waals surface area contributed by atoms with Crippen molar-refractivity contribution in [2.24, 2.45) is 0 Å². The van der Waals surface area contributed by atoms with E-state index in [9.17, 15) is 9.18 Å². The second-order valence-corrected chi connectivity index (χ2v) is 7.58. The number of hydrogen-bond acceptors (Lipinski definition) is 3. The Labute approximate surface area is 180 Å². The summed E-state index contributed by atoms with van der Waals surface area (Å²) in [6, 6.07) is 19.7. The molecule has 0 spiro atoms. The fourth-order valence-corrected chi connectivity index (χ4v) is 3.71. The van der Waals surface area contributed by atoms with Gasteiger partial charge in [0.1, 0.15) is 23.9 Å². The van der Waals surface area contributed by atoms with Crippen LogP contribution in [0, 0.1) is 17.1 Å². The van der Waals surface area contributed by atoms with E-state index in [0.717, 1.165) is 19.6 Å². The number of nitrogens with one attached hydrogen (secondary N) is 1. The molecular formula is C25H23FN3O2+.